The van der Waals surface area contributed by atoms with Crippen LogP contribution in [0.5, 0.6) is 0 Å². The molecule has 0 spiro atoms. The summed E-state index contributed by atoms with van der Waals surface area (Å²) in [5.74, 6) is -1.10. The number of hydrogen-bond acceptors (Lipinski definition) is 5. The van der Waals surface area contributed by atoms with Crippen molar-refractivity contribution in [2.45, 2.75) is 12.8 Å². The molecule has 5 rings (SSSR count). The summed E-state index contributed by atoms with van der Waals surface area (Å²) in [5.41, 5.74) is 2.61. The van der Waals surface area contributed by atoms with Crippen LogP contribution in [0, 0.1) is 0 Å². The Labute approximate surface area is 174 Å². The summed E-state index contributed by atoms with van der Waals surface area (Å²) in [7, 11) is 0. The molecule has 0 fully saturated rings. The smallest absolute Gasteiger partial charge is 0.346 e. The molecule has 1 aliphatic heterocycles. The van der Waals surface area contributed by atoms with E-state index in [9.17, 15) is 19.5 Å². The maximum Gasteiger partial charge on any atom is 0.346 e. The summed E-state index contributed by atoms with van der Waals surface area (Å²) >= 11 is 0.938. The van der Waals surface area contributed by atoms with E-state index in [0.717, 1.165) is 42.1 Å². The van der Waals surface area contributed by atoms with Gasteiger partial charge in [-0.05, 0) is 48.7 Å². The van der Waals surface area contributed by atoms with Crippen molar-refractivity contribution in [2.75, 3.05) is 11.4 Å². The van der Waals surface area contributed by atoms with E-state index in [-0.39, 0.29) is 4.88 Å². The SMILES string of the molecule is O=C(O)c1cc2c([nH]c(=O)c(=O)n2-c2ccc3c(c2)N(c2ccccc2)CCC3)s1. The van der Waals surface area contributed by atoms with Crippen LogP contribution < -0.4 is 16.0 Å². The molecule has 7 nitrogen and oxygen atoms in total. The maximum atomic E-state index is 12.7. The van der Waals surface area contributed by atoms with Gasteiger partial charge in [0.05, 0.1) is 11.2 Å². The highest BCUT2D eigenvalue weighted by Crippen LogP contribution is 2.35. The number of aryl methyl sites for hydroxylation is 1. The summed E-state index contributed by atoms with van der Waals surface area (Å²) in [6, 6.07) is 17.1. The van der Waals surface area contributed by atoms with Crippen LogP contribution in [0.25, 0.3) is 16.0 Å². The number of H-pyrrole nitrogens is 1. The number of aromatic carboxylic acids is 1. The molecule has 2 N–H and O–H groups in total. The van der Waals surface area contributed by atoms with E-state index < -0.39 is 17.1 Å². The third-order valence-electron chi connectivity index (χ3n) is 5.30. The molecule has 8 heteroatoms. The molecule has 2 aromatic carbocycles. The first-order valence-electron chi connectivity index (χ1n) is 9.51. The molecule has 2 aromatic heterocycles. The van der Waals surface area contributed by atoms with Crippen molar-refractivity contribution in [2.24, 2.45) is 0 Å². The molecule has 1 aliphatic rings. The highest BCUT2D eigenvalue weighted by Gasteiger charge is 2.21. The Morgan fingerprint density at radius 1 is 1.03 bits per heavy atom. The van der Waals surface area contributed by atoms with E-state index in [1.807, 2.05) is 48.5 Å². The van der Waals surface area contributed by atoms with Crippen molar-refractivity contribution < 1.29 is 9.90 Å². The topological polar surface area (TPSA) is 95.4 Å². The first kappa shape index (κ1) is 18.4. The van der Waals surface area contributed by atoms with Crippen molar-refractivity contribution in [3.63, 3.8) is 0 Å². The molecular weight excluding hydrogens is 402 g/mol. The molecule has 3 heterocycles. The molecule has 4 aromatic rings. The molecule has 0 aliphatic carbocycles. The van der Waals surface area contributed by atoms with Crippen molar-refractivity contribution in [3.8, 4) is 5.69 Å². The number of rotatable bonds is 3. The van der Waals surface area contributed by atoms with Crippen LogP contribution in [0.3, 0.4) is 0 Å². The molecule has 0 unspecified atom stereocenters. The maximum absolute atomic E-state index is 12.7. The summed E-state index contributed by atoms with van der Waals surface area (Å²) in [5, 5.41) is 9.33. The lowest BCUT2D eigenvalue weighted by molar-refractivity contribution is 0.0702. The van der Waals surface area contributed by atoms with Gasteiger partial charge >= 0.3 is 17.1 Å². The number of anilines is 2. The monoisotopic (exact) mass is 419 g/mol. The number of carbonyl (C=O) groups is 1. The number of thiophene rings is 1. The van der Waals surface area contributed by atoms with Gasteiger partial charge in [-0.3, -0.25) is 14.2 Å². The van der Waals surface area contributed by atoms with Crippen molar-refractivity contribution in [1.29, 1.82) is 0 Å². The fourth-order valence-electron chi connectivity index (χ4n) is 3.94. The lowest BCUT2D eigenvalue weighted by Crippen LogP contribution is -2.35. The van der Waals surface area contributed by atoms with Crippen LogP contribution in [-0.2, 0) is 6.42 Å². The van der Waals surface area contributed by atoms with Gasteiger partial charge in [-0.2, -0.15) is 0 Å². The Morgan fingerprint density at radius 3 is 2.60 bits per heavy atom. The van der Waals surface area contributed by atoms with Gasteiger partial charge in [0.25, 0.3) is 0 Å². The summed E-state index contributed by atoms with van der Waals surface area (Å²) in [6.45, 7) is 0.849. The minimum Gasteiger partial charge on any atom is -0.477 e. The molecule has 0 bridgehead atoms. The minimum atomic E-state index is -1.10. The average molecular weight is 419 g/mol. The largest absolute Gasteiger partial charge is 0.477 e. The predicted octanol–water partition coefficient (Wildman–Crippen LogP) is 3.52. The summed E-state index contributed by atoms with van der Waals surface area (Å²) in [4.78, 5) is 41.5. The lowest BCUT2D eigenvalue weighted by atomic mass is 10.00. The second kappa shape index (κ2) is 7.00. The van der Waals surface area contributed by atoms with Crippen LogP contribution >= 0.6 is 11.3 Å². The van der Waals surface area contributed by atoms with E-state index in [1.165, 1.54) is 16.2 Å². The number of para-hydroxylation sites is 1. The fourth-order valence-corrected chi connectivity index (χ4v) is 4.82. The number of benzene rings is 2. The zero-order valence-corrected chi connectivity index (χ0v) is 16.6. The molecule has 0 amide bonds. The minimum absolute atomic E-state index is 0.0591. The molecule has 0 radical (unpaired) electrons. The third-order valence-corrected chi connectivity index (χ3v) is 6.33. The van der Waals surface area contributed by atoms with Gasteiger partial charge in [0, 0.05) is 17.9 Å². The zero-order chi connectivity index (χ0) is 20.8. The molecule has 30 heavy (non-hydrogen) atoms. The quantitative estimate of drug-likeness (QED) is 0.496. The fraction of sp³-hybridized carbons (Fsp3) is 0.136. The number of carboxylic acids is 1. The van der Waals surface area contributed by atoms with Gasteiger partial charge < -0.3 is 15.0 Å². The van der Waals surface area contributed by atoms with Crippen LogP contribution in [-0.4, -0.2) is 27.2 Å². The lowest BCUT2D eigenvalue weighted by Gasteiger charge is -2.32. The van der Waals surface area contributed by atoms with Crippen LogP contribution in [0.2, 0.25) is 0 Å². The van der Waals surface area contributed by atoms with E-state index in [2.05, 4.69) is 9.88 Å². The second-order valence-electron chi connectivity index (χ2n) is 7.13. The summed E-state index contributed by atoms with van der Waals surface area (Å²) in [6.07, 6.45) is 1.95. The Hall–Kier alpha value is -3.65. The number of carboxylic acid groups (broad SMARTS) is 1. The van der Waals surface area contributed by atoms with Gasteiger partial charge in [0.2, 0.25) is 0 Å². The molecular formula is C22H17N3O4S. The van der Waals surface area contributed by atoms with E-state index >= 15 is 0 Å². The number of aromatic amines is 1. The van der Waals surface area contributed by atoms with Crippen LogP contribution in [0.15, 0.2) is 64.2 Å². The number of hydrogen-bond donors (Lipinski definition) is 2. The predicted molar refractivity (Wildman–Crippen MR) is 117 cm³/mol. The third kappa shape index (κ3) is 2.93. The van der Waals surface area contributed by atoms with Gasteiger partial charge in [0.15, 0.2) is 0 Å². The van der Waals surface area contributed by atoms with Gasteiger partial charge in [-0.1, -0.05) is 24.3 Å². The first-order chi connectivity index (χ1) is 14.5. The number of nitrogens with zero attached hydrogens (tertiary/aromatic N) is 2. The molecule has 0 saturated carbocycles. The zero-order valence-electron chi connectivity index (χ0n) is 15.8. The Morgan fingerprint density at radius 2 is 1.83 bits per heavy atom. The standard InChI is InChI=1S/C22H17N3O4S/c26-19-21(27)25(17-12-18(22(28)29)30-20(17)23-19)15-9-8-13-5-4-10-24(16(13)11-15)14-6-2-1-3-7-14/h1-3,6-9,11-12H,4-5,10H2,(H,23,26)(H,28,29). The molecule has 0 atom stereocenters. The van der Waals surface area contributed by atoms with Crippen molar-refractivity contribution >= 4 is 39.0 Å². The average Bonchev–Trinajstić information content (AvgIpc) is 3.18. The number of fused-ring (bicyclic) bond motifs is 2. The van der Waals surface area contributed by atoms with Crippen molar-refractivity contribution in [1.82, 2.24) is 9.55 Å². The number of aromatic nitrogens is 2. The highest BCUT2D eigenvalue weighted by atomic mass is 32.1. The van der Waals surface area contributed by atoms with E-state index in [1.54, 1.807) is 0 Å². The van der Waals surface area contributed by atoms with Crippen LogP contribution in [0.4, 0.5) is 11.4 Å². The Balaban J connectivity index is 1.74. The van der Waals surface area contributed by atoms with E-state index in [4.69, 9.17) is 0 Å². The molecule has 0 saturated heterocycles. The number of nitrogens with one attached hydrogen (secondary N) is 1. The van der Waals surface area contributed by atoms with Crippen molar-refractivity contribution in [3.05, 3.63) is 85.7 Å². The second-order valence-corrected chi connectivity index (χ2v) is 8.18. The van der Waals surface area contributed by atoms with Gasteiger partial charge in [-0.15, -0.1) is 11.3 Å². The van der Waals surface area contributed by atoms with Gasteiger partial charge in [0.1, 0.15) is 9.71 Å². The molecule has 150 valence electrons. The highest BCUT2D eigenvalue weighted by molar-refractivity contribution is 7.20. The van der Waals surface area contributed by atoms with Gasteiger partial charge in [-0.25, -0.2) is 4.79 Å². The normalized spacial score (nSPS) is 13.4. The van der Waals surface area contributed by atoms with Crippen LogP contribution in [0.1, 0.15) is 21.7 Å². The Kier molecular flexibility index (Phi) is 4.29. The first-order valence-corrected chi connectivity index (χ1v) is 10.3. The Bertz CT molecular complexity index is 1400. The summed E-state index contributed by atoms with van der Waals surface area (Å²) < 4.78 is 1.30. The van der Waals surface area contributed by atoms with E-state index in [0.29, 0.717) is 16.0 Å².